The van der Waals surface area contributed by atoms with Gasteiger partial charge in [-0.2, -0.15) is 0 Å². The summed E-state index contributed by atoms with van der Waals surface area (Å²) in [6.45, 7) is 4.69. The van der Waals surface area contributed by atoms with E-state index >= 15 is 0 Å². The molecule has 118 valence electrons. The predicted octanol–water partition coefficient (Wildman–Crippen LogP) is 1.73. The zero-order valence-electron chi connectivity index (χ0n) is 12.3. The van der Waals surface area contributed by atoms with Crippen LogP contribution in [-0.4, -0.2) is 28.2 Å². The molecule has 1 aromatic carbocycles. The number of ether oxygens (including phenoxy) is 1. The number of nitrogens with two attached hydrogens (primary N) is 1. The number of halogens is 1. The van der Waals surface area contributed by atoms with Gasteiger partial charge in [0.15, 0.2) is 0 Å². The highest BCUT2D eigenvalue weighted by Gasteiger charge is 2.24. The van der Waals surface area contributed by atoms with Crippen molar-refractivity contribution in [2.45, 2.75) is 31.6 Å². The molecule has 0 aliphatic carbocycles. The molecule has 5 nitrogen and oxygen atoms in total. The molecule has 1 aromatic rings. The second kappa shape index (κ2) is 6.29. The van der Waals surface area contributed by atoms with Gasteiger partial charge in [-0.3, -0.25) is 0 Å². The maximum Gasteiger partial charge on any atom is 0.241 e. The van der Waals surface area contributed by atoms with Gasteiger partial charge in [0.1, 0.15) is 5.82 Å². The fourth-order valence-corrected chi connectivity index (χ4v) is 4.21. The van der Waals surface area contributed by atoms with E-state index in [1.165, 1.54) is 6.92 Å². The zero-order valence-corrected chi connectivity index (χ0v) is 13.1. The third kappa shape index (κ3) is 3.53. The Labute approximate surface area is 124 Å². The Morgan fingerprint density at radius 3 is 2.81 bits per heavy atom. The largest absolute Gasteiger partial charge is 0.396 e. The van der Waals surface area contributed by atoms with Crippen molar-refractivity contribution in [3.63, 3.8) is 0 Å². The van der Waals surface area contributed by atoms with Crippen molar-refractivity contribution in [2.75, 3.05) is 25.5 Å². The molecule has 1 aliphatic rings. The number of benzene rings is 1. The molecule has 3 N–H and O–H groups in total. The summed E-state index contributed by atoms with van der Waals surface area (Å²) in [6, 6.07) is 1.15. The first-order valence-electron chi connectivity index (χ1n) is 6.95. The van der Waals surface area contributed by atoms with Gasteiger partial charge < -0.3 is 10.5 Å². The van der Waals surface area contributed by atoms with Gasteiger partial charge in [-0.1, -0.05) is 0 Å². The standard InChI is InChI=1S/C14H21FN2O3S/c1-9-6-12(15)13(16)10(2)14(9)21(18,19)17-7-11-4-3-5-20-8-11/h6,11,17H,3-5,7-8,16H2,1-2H3. The van der Waals surface area contributed by atoms with E-state index in [4.69, 9.17) is 10.5 Å². The molecule has 0 amide bonds. The summed E-state index contributed by atoms with van der Waals surface area (Å²) in [5.74, 6) is -0.420. The van der Waals surface area contributed by atoms with Crippen molar-refractivity contribution in [3.05, 3.63) is 23.0 Å². The van der Waals surface area contributed by atoms with Gasteiger partial charge in [0.2, 0.25) is 10.0 Å². The summed E-state index contributed by atoms with van der Waals surface area (Å²) in [5, 5.41) is 0. The van der Waals surface area contributed by atoms with Crippen LogP contribution >= 0.6 is 0 Å². The fraction of sp³-hybridized carbons (Fsp3) is 0.571. The molecule has 0 spiro atoms. The monoisotopic (exact) mass is 316 g/mol. The number of hydrogen-bond donors (Lipinski definition) is 2. The van der Waals surface area contributed by atoms with Crippen LogP contribution in [0.1, 0.15) is 24.0 Å². The van der Waals surface area contributed by atoms with Crippen molar-refractivity contribution in [1.82, 2.24) is 4.72 Å². The summed E-state index contributed by atoms with van der Waals surface area (Å²) >= 11 is 0. The molecule has 0 radical (unpaired) electrons. The third-order valence-corrected chi connectivity index (χ3v) is 5.50. The molecule has 1 unspecified atom stereocenters. The van der Waals surface area contributed by atoms with Crippen molar-refractivity contribution >= 4 is 15.7 Å². The van der Waals surface area contributed by atoms with Crippen molar-refractivity contribution in [1.29, 1.82) is 0 Å². The van der Waals surface area contributed by atoms with E-state index in [1.54, 1.807) is 6.92 Å². The second-order valence-corrected chi connectivity index (χ2v) is 7.18. The molecule has 0 saturated carbocycles. The molecule has 2 rings (SSSR count). The van der Waals surface area contributed by atoms with E-state index in [2.05, 4.69) is 4.72 Å². The summed E-state index contributed by atoms with van der Waals surface area (Å²) in [6.07, 6.45) is 1.87. The Kier molecular flexibility index (Phi) is 4.85. The van der Waals surface area contributed by atoms with Gasteiger partial charge in [-0.05, 0) is 49.8 Å². The van der Waals surface area contributed by atoms with Gasteiger partial charge in [-0.25, -0.2) is 17.5 Å². The summed E-state index contributed by atoms with van der Waals surface area (Å²) < 4.78 is 46.3. The van der Waals surface area contributed by atoms with Crippen LogP contribution in [0.25, 0.3) is 0 Å². The lowest BCUT2D eigenvalue weighted by molar-refractivity contribution is 0.0568. The first kappa shape index (κ1) is 16.2. The van der Waals surface area contributed by atoms with Crippen LogP contribution < -0.4 is 10.5 Å². The third-order valence-electron chi connectivity index (χ3n) is 3.79. The van der Waals surface area contributed by atoms with Crippen LogP contribution in [0.2, 0.25) is 0 Å². The second-order valence-electron chi connectivity index (χ2n) is 5.48. The Morgan fingerprint density at radius 1 is 1.48 bits per heavy atom. The minimum absolute atomic E-state index is 0.0677. The Morgan fingerprint density at radius 2 is 2.19 bits per heavy atom. The lowest BCUT2D eigenvalue weighted by Crippen LogP contribution is -2.34. The molecule has 1 saturated heterocycles. The minimum atomic E-state index is -3.71. The van der Waals surface area contributed by atoms with Crippen LogP contribution in [0.4, 0.5) is 10.1 Å². The lowest BCUT2D eigenvalue weighted by Gasteiger charge is -2.22. The minimum Gasteiger partial charge on any atom is -0.396 e. The molecule has 1 heterocycles. The predicted molar refractivity (Wildman–Crippen MR) is 79.0 cm³/mol. The number of anilines is 1. The zero-order chi connectivity index (χ0) is 15.6. The number of nitrogens with one attached hydrogen (secondary N) is 1. The van der Waals surface area contributed by atoms with Gasteiger partial charge in [0.05, 0.1) is 17.2 Å². The van der Waals surface area contributed by atoms with E-state index in [0.29, 0.717) is 18.7 Å². The van der Waals surface area contributed by atoms with E-state index in [-0.39, 0.29) is 22.1 Å². The Balaban J connectivity index is 2.21. The van der Waals surface area contributed by atoms with Gasteiger partial charge in [-0.15, -0.1) is 0 Å². The highest BCUT2D eigenvalue weighted by molar-refractivity contribution is 7.89. The molecule has 1 aliphatic heterocycles. The van der Waals surface area contributed by atoms with Gasteiger partial charge in [0.25, 0.3) is 0 Å². The topological polar surface area (TPSA) is 81.4 Å². The number of aryl methyl sites for hydroxylation is 1. The van der Waals surface area contributed by atoms with Gasteiger partial charge in [0, 0.05) is 13.2 Å². The maximum atomic E-state index is 13.5. The van der Waals surface area contributed by atoms with E-state index in [9.17, 15) is 12.8 Å². The molecular formula is C14H21FN2O3S. The smallest absolute Gasteiger partial charge is 0.241 e. The van der Waals surface area contributed by atoms with Crippen molar-refractivity contribution in [2.24, 2.45) is 5.92 Å². The summed E-state index contributed by atoms with van der Waals surface area (Å²) in [7, 11) is -3.71. The summed E-state index contributed by atoms with van der Waals surface area (Å²) in [5.41, 5.74) is 6.08. The van der Waals surface area contributed by atoms with Crippen molar-refractivity contribution < 1.29 is 17.5 Å². The van der Waals surface area contributed by atoms with Crippen LogP contribution in [0.15, 0.2) is 11.0 Å². The highest BCUT2D eigenvalue weighted by Crippen LogP contribution is 2.27. The molecule has 1 fully saturated rings. The number of sulfonamides is 1. The number of nitrogen functional groups attached to an aromatic ring is 1. The van der Waals surface area contributed by atoms with Crippen molar-refractivity contribution in [3.8, 4) is 0 Å². The molecule has 0 bridgehead atoms. The SMILES string of the molecule is Cc1cc(F)c(N)c(C)c1S(=O)(=O)NCC1CCCOC1. The Hall–Kier alpha value is -1.18. The average molecular weight is 316 g/mol. The average Bonchev–Trinajstić information content (AvgIpc) is 2.44. The quantitative estimate of drug-likeness (QED) is 0.829. The van der Waals surface area contributed by atoms with Crippen LogP contribution in [0.3, 0.4) is 0 Å². The number of hydrogen-bond acceptors (Lipinski definition) is 4. The first-order chi connectivity index (χ1) is 9.83. The van der Waals surface area contributed by atoms with E-state index in [0.717, 1.165) is 25.5 Å². The highest BCUT2D eigenvalue weighted by atomic mass is 32.2. The van der Waals surface area contributed by atoms with Crippen LogP contribution in [-0.2, 0) is 14.8 Å². The molecular weight excluding hydrogens is 295 g/mol. The van der Waals surface area contributed by atoms with E-state index < -0.39 is 15.8 Å². The van der Waals surface area contributed by atoms with Gasteiger partial charge >= 0.3 is 0 Å². The van der Waals surface area contributed by atoms with Crippen LogP contribution in [0, 0.1) is 25.6 Å². The lowest BCUT2D eigenvalue weighted by atomic mass is 10.0. The molecule has 1 atom stereocenters. The summed E-state index contributed by atoms with van der Waals surface area (Å²) in [4.78, 5) is 0.0677. The molecule has 21 heavy (non-hydrogen) atoms. The Bertz CT molecular complexity index is 626. The fourth-order valence-electron chi connectivity index (χ4n) is 2.61. The normalized spacial score (nSPS) is 19.7. The van der Waals surface area contributed by atoms with E-state index in [1.807, 2.05) is 0 Å². The maximum absolute atomic E-state index is 13.5. The molecule has 7 heteroatoms. The molecule has 0 aromatic heterocycles. The first-order valence-corrected chi connectivity index (χ1v) is 8.44. The number of rotatable bonds is 4. The van der Waals surface area contributed by atoms with Crippen LogP contribution in [0.5, 0.6) is 0 Å².